The first-order chi connectivity index (χ1) is 9.63. The maximum atomic E-state index is 4.57. The molecular weight excluding hydrogens is 358 g/mol. The Balaban J connectivity index is 1.78. The van der Waals surface area contributed by atoms with Gasteiger partial charge in [0.2, 0.25) is 4.87 Å². The summed E-state index contributed by atoms with van der Waals surface area (Å²) in [4.78, 5) is -1.21. The van der Waals surface area contributed by atoms with Crippen molar-refractivity contribution in [3.63, 3.8) is 0 Å². The maximum absolute atomic E-state index is 4.57. The second kappa shape index (κ2) is 6.44. The molecule has 0 N–H and O–H groups in total. The van der Waals surface area contributed by atoms with Crippen molar-refractivity contribution in [1.82, 2.24) is 0 Å². The zero-order valence-corrected chi connectivity index (χ0v) is 16.3. The van der Waals surface area contributed by atoms with E-state index in [1.807, 2.05) is 0 Å². The first kappa shape index (κ1) is 15.6. The van der Waals surface area contributed by atoms with E-state index in [9.17, 15) is 0 Å². The Morgan fingerprint density at radius 1 is 0.900 bits per heavy atom. The Labute approximate surface area is 138 Å². The van der Waals surface area contributed by atoms with Crippen LogP contribution in [0.1, 0.15) is 11.1 Å². The summed E-state index contributed by atoms with van der Waals surface area (Å²) in [7, 11) is 1.77. The quantitative estimate of drug-likeness (QED) is 0.376. The average Bonchev–Trinajstić information content (AvgIpc) is 2.42. The maximum Gasteiger partial charge on any atom is 0.245 e. The van der Waals surface area contributed by atoms with Crippen molar-refractivity contribution in [1.29, 1.82) is 0 Å². The molecule has 0 nitrogen and oxygen atoms in total. The molecule has 1 saturated heterocycles. The van der Waals surface area contributed by atoms with Gasteiger partial charge in [0.05, 0.1) is 22.0 Å². The summed E-state index contributed by atoms with van der Waals surface area (Å²) < 4.78 is 0. The molecule has 1 aliphatic rings. The van der Waals surface area contributed by atoms with Gasteiger partial charge < -0.3 is 0 Å². The van der Waals surface area contributed by atoms with E-state index in [0.717, 1.165) is 0 Å². The van der Waals surface area contributed by atoms with Crippen LogP contribution in [0.2, 0.25) is 0 Å². The van der Waals surface area contributed by atoms with Crippen molar-refractivity contribution >= 4 is 65.9 Å². The van der Waals surface area contributed by atoms with E-state index >= 15 is 0 Å². The van der Waals surface area contributed by atoms with Crippen molar-refractivity contribution in [3.8, 4) is 0 Å². The highest BCUT2D eigenvalue weighted by atomic mass is 33.8. The van der Waals surface area contributed by atoms with Crippen LogP contribution in [0.25, 0.3) is 0 Å². The van der Waals surface area contributed by atoms with Crippen molar-refractivity contribution in [3.05, 3.63) is 59.7 Å². The van der Waals surface area contributed by atoms with Gasteiger partial charge in [-0.1, -0.05) is 59.2 Å². The van der Waals surface area contributed by atoms with E-state index in [1.165, 1.54) is 21.7 Å². The van der Waals surface area contributed by atoms with E-state index in [4.69, 9.17) is 0 Å². The zero-order chi connectivity index (χ0) is 14.2. The molecule has 0 amide bonds. The summed E-state index contributed by atoms with van der Waals surface area (Å²) >= 11 is 8.90. The van der Waals surface area contributed by atoms with Crippen LogP contribution in [0.4, 0.5) is 0 Å². The molecule has 0 spiro atoms. The topological polar surface area (TPSA) is 0 Å². The molecule has 0 radical (unpaired) electrons. The molecule has 2 aromatic rings. The fourth-order valence-electron chi connectivity index (χ4n) is 1.86. The SMILES string of the molecule is Cc1ccc(P2S[P+](SS)(c3ccc(C)cc3)S2)cc1. The number of thiol groups is 1. The highest BCUT2D eigenvalue weighted by Gasteiger charge is 2.60. The average molecular weight is 373 g/mol. The standard InChI is InChI=1S/C14H14P2S4/c1-11-3-7-13(8-4-11)15-18-16(19-15,20-17)14-9-5-12(2)6-10-14/h3-10H,1-2H3/p+1. The highest BCUT2D eigenvalue weighted by Crippen LogP contribution is 3.10. The summed E-state index contributed by atoms with van der Waals surface area (Å²) in [5.41, 5.74) is 2.66. The summed E-state index contributed by atoms with van der Waals surface area (Å²) in [6.45, 7) is 4.29. The van der Waals surface area contributed by atoms with Gasteiger partial charge in [-0.3, -0.25) is 0 Å². The number of benzene rings is 2. The number of aryl methyl sites for hydroxylation is 2. The lowest BCUT2D eigenvalue weighted by Crippen LogP contribution is -2.09. The third kappa shape index (κ3) is 3.07. The van der Waals surface area contributed by atoms with Crippen LogP contribution in [0.5, 0.6) is 0 Å². The van der Waals surface area contributed by atoms with Gasteiger partial charge in [0.25, 0.3) is 0 Å². The largest absolute Gasteiger partial charge is 0.245 e. The first-order valence-electron chi connectivity index (χ1n) is 6.19. The first-order valence-corrected chi connectivity index (χ1v) is 15.8. The molecular formula is C14H15P2S4+. The molecule has 3 rings (SSSR count). The van der Waals surface area contributed by atoms with Crippen molar-refractivity contribution in [2.24, 2.45) is 0 Å². The van der Waals surface area contributed by atoms with Crippen LogP contribution in [0.3, 0.4) is 0 Å². The van der Waals surface area contributed by atoms with Crippen LogP contribution in [-0.4, -0.2) is 0 Å². The third-order valence-corrected chi connectivity index (χ3v) is 34.5. The Kier molecular flexibility index (Phi) is 5.02. The van der Waals surface area contributed by atoms with E-state index in [-0.39, 0.29) is 6.33 Å². The zero-order valence-electron chi connectivity index (χ0n) is 11.2. The van der Waals surface area contributed by atoms with Gasteiger partial charge >= 0.3 is 0 Å². The molecule has 20 heavy (non-hydrogen) atoms. The normalized spacial score (nSPS) is 25.2. The van der Waals surface area contributed by atoms with Crippen molar-refractivity contribution in [2.75, 3.05) is 0 Å². The van der Waals surface area contributed by atoms with Gasteiger partial charge in [0.15, 0.2) is 0 Å². The van der Waals surface area contributed by atoms with Crippen LogP contribution in [0.15, 0.2) is 48.5 Å². The van der Waals surface area contributed by atoms with Gasteiger partial charge in [0, 0.05) is 5.30 Å². The molecule has 2 aromatic carbocycles. The summed E-state index contributed by atoms with van der Waals surface area (Å²) in [6.07, 6.45) is -0.117. The molecule has 0 saturated carbocycles. The molecule has 0 atom stereocenters. The van der Waals surface area contributed by atoms with E-state index in [1.54, 1.807) is 10.4 Å². The van der Waals surface area contributed by atoms with Gasteiger partial charge in [0.1, 0.15) is 22.0 Å². The lowest BCUT2D eigenvalue weighted by Gasteiger charge is -2.33. The minimum absolute atomic E-state index is 0.117. The van der Waals surface area contributed by atoms with Gasteiger partial charge in [-0.25, -0.2) is 0 Å². The molecule has 104 valence electrons. The number of hydrogen-bond acceptors (Lipinski definition) is 4. The van der Waals surface area contributed by atoms with Gasteiger partial charge in [-0.05, 0) is 26.0 Å². The van der Waals surface area contributed by atoms with E-state index < -0.39 is 4.87 Å². The number of hydrogen-bond donors (Lipinski definition) is 1. The fourth-order valence-corrected chi connectivity index (χ4v) is 36.3. The molecule has 0 aliphatic carbocycles. The van der Waals surface area contributed by atoms with Gasteiger partial charge in [-0.15, -0.1) is 0 Å². The summed E-state index contributed by atoms with van der Waals surface area (Å²) in [5, 5.41) is 2.97. The minimum atomic E-state index is -1.21. The van der Waals surface area contributed by atoms with Crippen LogP contribution in [-0.2, 0) is 0 Å². The molecule has 0 aromatic heterocycles. The molecule has 0 bridgehead atoms. The van der Waals surface area contributed by atoms with Crippen LogP contribution >= 0.6 is 55.3 Å². The van der Waals surface area contributed by atoms with Crippen LogP contribution in [0, 0.1) is 13.8 Å². The Hall–Kier alpha value is 0.700. The monoisotopic (exact) mass is 373 g/mol. The highest BCUT2D eigenvalue weighted by molar-refractivity contribution is 9.55. The van der Waals surface area contributed by atoms with E-state index in [2.05, 4.69) is 96.0 Å². The van der Waals surface area contributed by atoms with Gasteiger partial charge in [-0.2, -0.15) is 0 Å². The summed E-state index contributed by atoms with van der Waals surface area (Å²) in [6, 6.07) is 18.0. The Morgan fingerprint density at radius 3 is 1.90 bits per heavy atom. The van der Waals surface area contributed by atoms with E-state index in [0.29, 0.717) is 0 Å². The summed E-state index contributed by atoms with van der Waals surface area (Å²) in [5.74, 6) is 0. The lowest BCUT2D eigenvalue weighted by atomic mass is 10.2. The second-order valence-corrected chi connectivity index (χ2v) is 23.5. The Bertz CT molecular complexity index is 592. The lowest BCUT2D eigenvalue weighted by molar-refractivity contribution is 1.49. The number of rotatable bonds is 3. The molecule has 1 heterocycles. The fraction of sp³-hybridized carbons (Fsp3) is 0.143. The van der Waals surface area contributed by atoms with Crippen LogP contribution < -0.4 is 10.6 Å². The molecule has 0 unspecified atom stereocenters. The minimum Gasteiger partial charge on any atom is -0.0664 e. The molecule has 1 fully saturated rings. The predicted octanol–water partition coefficient (Wildman–Crippen LogP) is 6.39. The Morgan fingerprint density at radius 2 is 1.40 bits per heavy atom. The third-order valence-electron chi connectivity index (χ3n) is 3.07. The molecule has 1 aliphatic heterocycles. The molecule has 6 heteroatoms. The predicted molar refractivity (Wildman–Crippen MR) is 107 cm³/mol. The van der Waals surface area contributed by atoms with Crippen molar-refractivity contribution in [2.45, 2.75) is 13.8 Å². The van der Waals surface area contributed by atoms with Crippen molar-refractivity contribution < 1.29 is 0 Å². The second-order valence-electron chi connectivity index (χ2n) is 4.67. The smallest absolute Gasteiger partial charge is 0.0664 e.